The maximum atomic E-state index is 12.6. The number of amides is 1. The third-order valence-electron chi connectivity index (χ3n) is 3.89. The minimum absolute atomic E-state index is 0.0836. The van der Waals surface area contributed by atoms with Gasteiger partial charge in [0.25, 0.3) is 5.91 Å². The van der Waals surface area contributed by atoms with Gasteiger partial charge < -0.3 is 14.5 Å². The van der Waals surface area contributed by atoms with E-state index < -0.39 is 0 Å². The molecule has 7 heteroatoms. The summed E-state index contributed by atoms with van der Waals surface area (Å²) in [6.45, 7) is 3.27. The molecule has 0 aliphatic carbocycles. The van der Waals surface area contributed by atoms with Crippen LogP contribution in [0.5, 0.6) is 0 Å². The first kappa shape index (κ1) is 17.5. The van der Waals surface area contributed by atoms with Crippen LogP contribution >= 0.6 is 11.6 Å². The molecule has 1 amide bonds. The van der Waals surface area contributed by atoms with Gasteiger partial charge in [0, 0.05) is 32.7 Å². The van der Waals surface area contributed by atoms with Gasteiger partial charge in [-0.2, -0.15) is 0 Å². The number of pyridine rings is 1. The SMILES string of the molecule is CCOC(=O)C1CCN(C(=O)c2cc(Cl)nc(N(C)C)c2)CC1. The summed E-state index contributed by atoms with van der Waals surface area (Å²) >= 11 is 6.01. The van der Waals surface area contributed by atoms with Crippen molar-refractivity contribution < 1.29 is 14.3 Å². The van der Waals surface area contributed by atoms with Crippen molar-refractivity contribution in [3.8, 4) is 0 Å². The molecule has 2 rings (SSSR count). The van der Waals surface area contributed by atoms with Crippen molar-refractivity contribution in [2.45, 2.75) is 19.8 Å². The number of carbonyl (C=O) groups is 2. The summed E-state index contributed by atoms with van der Waals surface area (Å²) in [5.74, 6) is 0.279. The molecule has 126 valence electrons. The van der Waals surface area contributed by atoms with Gasteiger partial charge in [0.15, 0.2) is 0 Å². The van der Waals surface area contributed by atoms with E-state index in [1.165, 1.54) is 0 Å². The van der Waals surface area contributed by atoms with Gasteiger partial charge in [-0.3, -0.25) is 9.59 Å². The normalized spacial score (nSPS) is 15.4. The number of hydrogen-bond donors (Lipinski definition) is 0. The van der Waals surface area contributed by atoms with Crippen LogP contribution in [0.3, 0.4) is 0 Å². The molecule has 0 bridgehead atoms. The highest BCUT2D eigenvalue weighted by atomic mass is 35.5. The Hall–Kier alpha value is -1.82. The fourth-order valence-corrected chi connectivity index (χ4v) is 2.80. The summed E-state index contributed by atoms with van der Waals surface area (Å²) in [5, 5.41) is 0.293. The minimum Gasteiger partial charge on any atom is -0.466 e. The molecule has 1 aromatic rings. The van der Waals surface area contributed by atoms with E-state index >= 15 is 0 Å². The Bertz CT molecular complexity index is 584. The molecule has 23 heavy (non-hydrogen) atoms. The lowest BCUT2D eigenvalue weighted by molar-refractivity contribution is -0.149. The summed E-state index contributed by atoms with van der Waals surface area (Å²) in [6, 6.07) is 3.31. The van der Waals surface area contributed by atoms with Gasteiger partial charge >= 0.3 is 5.97 Å². The number of anilines is 1. The largest absolute Gasteiger partial charge is 0.466 e. The fourth-order valence-electron chi connectivity index (χ4n) is 2.60. The van der Waals surface area contributed by atoms with Gasteiger partial charge in [-0.15, -0.1) is 0 Å². The first-order chi connectivity index (χ1) is 10.9. The van der Waals surface area contributed by atoms with E-state index in [1.54, 1.807) is 28.9 Å². The lowest BCUT2D eigenvalue weighted by Gasteiger charge is -2.31. The third-order valence-corrected chi connectivity index (χ3v) is 4.08. The van der Waals surface area contributed by atoms with Crippen LogP contribution in [-0.4, -0.2) is 55.6 Å². The number of likely N-dealkylation sites (tertiary alicyclic amines) is 1. The van der Waals surface area contributed by atoms with E-state index in [2.05, 4.69) is 4.98 Å². The van der Waals surface area contributed by atoms with Crippen molar-refractivity contribution in [3.63, 3.8) is 0 Å². The Morgan fingerprint density at radius 1 is 1.35 bits per heavy atom. The Balaban J connectivity index is 2.04. The van der Waals surface area contributed by atoms with Crippen LogP contribution in [0.1, 0.15) is 30.1 Å². The number of ether oxygens (including phenoxy) is 1. The Morgan fingerprint density at radius 3 is 2.57 bits per heavy atom. The smallest absolute Gasteiger partial charge is 0.309 e. The number of hydrogen-bond acceptors (Lipinski definition) is 5. The number of aromatic nitrogens is 1. The maximum Gasteiger partial charge on any atom is 0.309 e. The van der Waals surface area contributed by atoms with Crippen LogP contribution in [0, 0.1) is 5.92 Å². The third kappa shape index (κ3) is 4.34. The van der Waals surface area contributed by atoms with Crippen LogP contribution in [0.4, 0.5) is 5.82 Å². The summed E-state index contributed by atoms with van der Waals surface area (Å²) < 4.78 is 5.05. The lowest BCUT2D eigenvalue weighted by Crippen LogP contribution is -2.40. The molecule has 6 nitrogen and oxygen atoms in total. The zero-order valence-corrected chi connectivity index (χ0v) is 14.5. The maximum absolute atomic E-state index is 12.6. The summed E-state index contributed by atoms with van der Waals surface area (Å²) in [5.41, 5.74) is 0.517. The number of halogens is 1. The quantitative estimate of drug-likeness (QED) is 0.621. The summed E-state index contributed by atoms with van der Waals surface area (Å²) in [6.07, 6.45) is 1.26. The predicted molar refractivity (Wildman–Crippen MR) is 88.8 cm³/mol. The number of piperidine rings is 1. The van der Waals surface area contributed by atoms with Gasteiger partial charge in [0.1, 0.15) is 11.0 Å². The van der Waals surface area contributed by atoms with Crippen LogP contribution in [-0.2, 0) is 9.53 Å². The van der Waals surface area contributed by atoms with Crippen molar-refractivity contribution in [2.24, 2.45) is 5.92 Å². The monoisotopic (exact) mass is 339 g/mol. The molecule has 1 aromatic heterocycles. The second-order valence-electron chi connectivity index (χ2n) is 5.75. The Labute approximate surface area is 141 Å². The highest BCUT2D eigenvalue weighted by Gasteiger charge is 2.29. The average molecular weight is 340 g/mol. The molecular weight excluding hydrogens is 318 g/mol. The van der Waals surface area contributed by atoms with E-state index in [1.807, 2.05) is 14.1 Å². The molecule has 1 saturated heterocycles. The van der Waals surface area contributed by atoms with E-state index in [0.717, 1.165) is 0 Å². The van der Waals surface area contributed by atoms with Crippen molar-refractivity contribution in [1.82, 2.24) is 9.88 Å². The van der Waals surface area contributed by atoms with Crippen molar-refractivity contribution in [3.05, 3.63) is 22.8 Å². The van der Waals surface area contributed by atoms with Crippen molar-refractivity contribution >= 4 is 29.3 Å². The molecule has 2 heterocycles. The first-order valence-electron chi connectivity index (χ1n) is 7.73. The van der Waals surface area contributed by atoms with Crippen LogP contribution < -0.4 is 4.90 Å². The van der Waals surface area contributed by atoms with Gasteiger partial charge in [-0.05, 0) is 31.9 Å². The van der Waals surface area contributed by atoms with Gasteiger partial charge in [-0.25, -0.2) is 4.98 Å². The average Bonchev–Trinajstić information content (AvgIpc) is 2.54. The van der Waals surface area contributed by atoms with Gasteiger partial charge in [0.05, 0.1) is 12.5 Å². The topological polar surface area (TPSA) is 62.7 Å². The molecule has 0 radical (unpaired) electrons. The molecule has 0 N–H and O–H groups in total. The second-order valence-corrected chi connectivity index (χ2v) is 6.14. The van der Waals surface area contributed by atoms with E-state index in [9.17, 15) is 9.59 Å². The number of esters is 1. The predicted octanol–water partition coefficient (Wildman–Crippen LogP) is 2.22. The zero-order chi connectivity index (χ0) is 17.0. The molecule has 1 fully saturated rings. The fraction of sp³-hybridized carbons (Fsp3) is 0.562. The zero-order valence-electron chi connectivity index (χ0n) is 13.7. The highest BCUT2D eigenvalue weighted by Crippen LogP contribution is 2.22. The van der Waals surface area contributed by atoms with Crippen LogP contribution in [0.25, 0.3) is 0 Å². The van der Waals surface area contributed by atoms with Crippen LogP contribution in [0.15, 0.2) is 12.1 Å². The lowest BCUT2D eigenvalue weighted by atomic mass is 9.96. The molecular formula is C16H22ClN3O3. The molecule has 1 aliphatic heterocycles. The summed E-state index contributed by atoms with van der Waals surface area (Å²) in [4.78, 5) is 32.1. The van der Waals surface area contributed by atoms with Gasteiger partial charge in [0.2, 0.25) is 0 Å². The van der Waals surface area contributed by atoms with Gasteiger partial charge in [-0.1, -0.05) is 11.6 Å². The highest BCUT2D eigenvalue weighted by molar-refractivity contribution is 6.29. The van der Waals surface area contributed by atoms with E-state index in [4.69, 9.17) is 16.3 Å². The van der Waals surface area contributed by atoms with Crippen molar-refractivity contribution in [1.29, 1.82) is 0 Å². The summed E-state index contributed by atoms with van der Waals surface area (Å²) in [7, 11) is 3.69. The van der Waals surface area contributed by atoms with E-state index in [-0.39, 0.29) is 17.8 Å². The second kappa shape index (κ2) is 7.64. The van der Waals surface area contributed by atoms with E-state index in [0.29, 0.717) is 49.1 Å². The van der Waals surface area contributed by atoms with Crippen molar-refractivity contribution in [2.75, 3.05) is 38.7 Å². The molecule has 1 aliphatic rings. The molecule has 0 unspecified atom stereocenters. The molecule has 0 saturated carbocycles. The minimum atomic E-state index is -0.165. The number of rotatable bonds is 4. The first-order valence-corrected chi connectivity index (χ1v) is 8.11. The molecule has 0 atom stereocenters. The standard InChI is InChI=1S/C16H22ClN3O3/c1-4-23-16(22)11-5-7-20(8-6-11)15(21)12-9-13(17)18-14(10-12)19(2)3/h9-11H,4-8H2,1-3H3. The molecule has 0 aromatic carbocycles. The Morgan fingerprint density at radius 2 is 2.00 bits per heavy atom. The number of carbonyl (C=O) groups excluding carboxylic acids is 2. The molecule has 0 spiro atoms. The number of nitrogens with zero attached hydrogens (tertiary/aromatic N) is 3. The van der Waals surface area contributed by atoms with Crippen LogP contribution in [0.2, 0.25) is 5.15 Å². The Kier molecular flexibility index (Phi) is 5.82.